The molecule has 25 heavy (non-hydrogen) atoms. The van der Waals surface area contributed by atoms with E-state index in [4.69, 9.17) is 10.5 Å². The molecule has 0 atom stereocenters. The monoisotopic (exact) mass is 452 g/mol. The zero-order chi connectivity index (χ0) is 16.9. The lowest BCUT2D eigenvalue weighted by Gasteiger charge is -2.10. The highest BCUT2D eigenvalue weighted by Gasteiger charge is 2.04. The Balaban J connectivity index is 0.00000225. The van der Waals surface area contributed by atoms with Gasteiger partial charge in [0.05, 0.1) is 6.10 Å². The van der Waals surface area contributed by atoms with Crippen LogP contribution in [0.1, 0.15) is 19.7 Å². The van der Waals surface area contributed by atoms with Crippen LogP contribution in [0.5, 0.6) is 5.75 Å². The number of pyridine rings is 1. The Hall–Kier alpha value is -2.36. The molecule has 0 saturated carbocycles. The lowest BCUT2D eigenvalue weighted by Crippen LogP contribution is -2.22. The molecule has 0 saturated heterocycles. The maximum atomic E-state index is 5.94. The van der Waals surface area contributed by atoms with Crippen LogP contribution in [0.25, 0.3) is 5.65 Å². The summed E-state index contributed by atoms with van der Waals surface area (Å²) < 4.78 is 7.49. The number of anilines is 1. The van der Waals surface area contributed by atoms with Gasteiger partial charge in [-0.25, -0.2) is 4.99 Å². The summed E-state index contributed by atoms with van der Waals surface area (Å²) in [5, 5.41) is 11.2. The summed E-state index contributed by atoms with van der Waals surface area (Å²) in [4.78, 5) is 4.31. The van der Waals surface area contributed by atoms with E-state index in [9.17, 15) is 0 Å². The standard InChI is InChI=1S/C17H20N6O.HI/c1-12(2)24-14-8-6-13(7-9-14)20-17(18)19-11-16-22-21-15-5-3-4-10-23(15)16;/h3-10,12H,11H2,1-2H3,(H3,18,19,20);1H. The second-order valence-electron chi connectivity index (χ2n) is 5.56. The van der Waals surface area contributed by atoms with E-state index < -0.39 is 0 Å². The highest BCUT2D eigenvalue weighted by atomic mass is 127. The van der Waals surface area contributed by atoms with Crippen molar-refractivity contribution in [1.82, 2.24) is 14.6 Å². The van der Waals surface area contributed by atoms with Gasteiger partial charge in [-0.15, -0.1) is 34.2 Å². The summed E-state index contributed by atoms with van der Waals surface area (Å²) in [7, 11) is 0. The summed E-state index contributed by atoms with van der Waals surface area (Å²) in [5.74, 6) is 1.87. The minimum atomic E-state index is 0. The predicted molar refractivity (Wildman–Crippen MR) is 110 cm³/mol. The average Bonchev–Trinajstić information content (AvgIpc) is 2.98. The topological polar surface area (TPSA) is 89.8 Å². The van der Waals surface area contributed by atoms with Crippen molar-refractivity contribution in [3.63, 3.8) is 0 Å². The molecule has 2 heterocycles. The summed E-state index contributed by atoms with van der Waals surface area (Å²) in [6, 6.07) is 13.3. The molecular weight excluding hydrogens is 431 g/mol. The molecule has 0 bridgehead atoms. The molecule has 0 aliphatic rings. The van der Waals surface area contributed by atoms with Crippen molar-refractivity contribution in [2.45, 2.75) is 26.5 Å². The van der Waals surface area contributed by atoms with Gasteiger partial charge in [0.25, 0.3) is 0 Å². The van der Waals surface area contributed by atoms with Gasteiger partial charge < -0.3 is 15.8 Å². The van der Waals surface area contributed by atoms with Gasteiger partial charge in [-0.3, -0.25) is 4.40 Å². The second-order valence-corrected chi connectivity index (χ2v) is 5.56. The van der Waals surface area contributed by atoms with Gasteiger partial charge in [0.1, 0.15) is 12.3 Å². The molecule has 0 amide bonds. The van der Waals surface area contributed by atoms with Gasteiger partial charge in [-0.1, -0.05) is 6.07 Å². The lowest BCUT2D eigenvalue weighted by atomic mass is 10.3. The normalized spacial score (nSPS) is 11.4. The van der Waals surface area contributed by atoms with Crippen molar-refractivity contribution in [3.8, 4) is 5.75 Å². The van der Waals surface area contributed by atoms with Gasteiger partial charge in [0.15, 0.2) is 17.4 Å². The number of hydrogen-bond donors (Lipinski definition) is 2. The first-order valence-electron chi connectivity index (χ1n) is 7.74. The minimum Gasteiger partial charge on any atom is -0.491 e. The van der Waals surface area contributed by atoms with Crippen LogP contribution in [0.2, 0.25) is 0 Å². The summed E-state index contributed by atoms with van der Waals surface area (Å²) in [5.41, 5.74) is 7.57. The van der Waals surface area contributed by atoms with E-state index in [-0.39, 0.29) is 30.1 Å². The van der Waals surface area contributed by atoms with Crippen LogP contribution in [0.15, 0.2) is 53.7 Å². The van der Waals surface area contributed by atoms with Crippen molar-refractivity contribution in [1.29, 1.82) is 0 Å². The Labute approximate surface area is 163 Å². The molecule has 0 spiro atoms. The van der Waals surface area contributed by atoms with Gasteiger partial charge >= 0.3 is 0 Å². The molecule has 1 aromatic carbocycles. The molecular formula is C17H21IN6O. The fourth-order valence-corrected chi connectivity index (χ4v) is 2.23. The van der Waals surface area contributed by atoms with E-state index in [0.717, 1.165) is 22.9 Å². The molecule has 3 rings (SSSR count). The van der Waals surface area contributed by atoms with Crippen molar-refractivity contribution in [2.24, 2.45) is 10.7 Å². The molecule has 0 radical (unpaired) electrons. The van der Waals surface area contributed by atoms with Crippen LogP contribution < -0.4 is 15.8 Å². The van der Waals surface area contributed by atoms with Crippen molar-refractivity contribution < 1.29 is 4.74 Å². The van der Waals surface area contributed by atoms with Crippen molar-refractivity contribution >= 4 is 41.3 Å². The van der Waals surface area contributed by atoms with E-state index in [1.807, 2.05) is 66.9 Å². The van der Waals surface area contributed by atoms with Crippen LogP contribution in [-0.4, -0.2) is 26.7 Å². The van der Waals surface area contributed by atoms with Gasteiger partial charge in [0.2, 0.25) is 0 Å². The number of benzene rings is 1. The third-order valence-corrected chi connectivity index (χ3v) is 3.27. The number of halogens is 1. The molecule has 8 heteroatoms. The molecule has 0 aliphatic carbocycles. The summed E-state index contributed by atoms with van der Waals surface area (Å²) in [6.45, 7) is 4.33. The number of nitrogens with two attached hydrogens (primary N) is 1. The first-order chi connectivity index (χ1) is 11.6. The van der Waals surface area contributed by atoms with Crippen LogP contribution >= 0.6 is 24.0 Å². The first kappa shape index (κ1) is 19.0. The molecule has 0 aliphatic heterocycles. The Kier molecular flexibility index (Phi) is 6.57. The number of aliphatic imine (C=N–C) groups is 1. The van der Waals surface area contributed by atoms with Crippen LogP contribution in [0.4, 0.5) is 5.69 Å². The average molecular weight is 452 g/mol. The molecule has 3 aromatic rings. The lowest BCUT2D eigenvalue weighted by molar-refractivity contribution is 0.242. The Morgan fingerprint density at radius 3 is 2.68 bits per heavy atom. The highest BCUT2D eigenvalue weighted by Crippen LogP contribution is 2.16. The number of fused-ring (bicyclic) bond motifs is 1. The number of hydrogen-bond acceptors (Lipinski definition) is 4. The number of ether oxygens (including phenoxy) is 1. The van der Waals surface area contributed by atoms with Crippen molar-refractivity contribution in [3.05, 3.63) is 54.5 Å². The Morgan fingerprint density at radius 1 is 1.20 bits per heavy atom. The largest absolute Gasteiger partial charge is 0.491 e. The first-order valence-corrected chi connectivity index (χ1v) is 7.74. The number of nitrogens with one attached hydrogen (secondary N) is 1. The van der Waals surface area contributed by atoms with Gasteiger partial charge in [-0.2, -0.15) is 0 Å². The molecule has 2 aromatic heterocycles. The molecule has 132 valence electrons. The number of aromatic nitrogens is 3. The predicted octanol–water partition coefficient (Wildman–Crippen LogP) is 3.06. The Bertz CT molecular complexity index is 844. The van der Waals surface area contributed by atoms with Crippen LogP contribution in [0.3, 0.4) is 0 Å². The quantitative estimate of drug-likeness (QED) is 0.353. The number of rotatable bonds is 5. The van der Waals surface area contributed by atoms with Crippen molar-refractivity contribution in [2.75, 3.05) is 5.32 Å². The molecule has 0 fully saturated rings. The Morgan fingerprint density at radius 2 is 1.96 bits per heavy atom. The second kappa shape index (κ2) is 8.65. The highest BCUT2D eigenvalue weighted by molar-refractivity contribution is 14.0. The van der Waals surface area contributed by atoms with Gasteiger partial charge in [-0.05, 0) is 50.2 Å². The SMILES string of the molecule is CC(C)Oc1ccc(NC(N)=NCc2nnc3ccccn23)cc1.I. The maximum Gasteiger partial charge on any atom is 0.193 e. The molecule has 0 unspecified atom stereocenters. The third kappa shape index (κ3) is 5.05. The summed E-state index contributed by atoms with van der Waals surface area (Å²) in [6.07, 6.45) is 2.05. The third-order valence-electron chi connectivity index (χ3n) is 3.27. The van der Waals surface area contributed by atoms with E-state index in [1.54, 1.807) is 0 Å². The number of guanidine groups is 1. The zero-order valence-electron chi connectivity index (χ0n) is 14.1. The van der Waals surface area contributed by atoms with E-state index in [2.05, 4.69) is 20.5 Å². The smallest absolute Gasteiger partial charge is 0.193 e. The number of nitrogens with zero attached hydrogens (tertiary/aromatic N) is 4. The molecule has 3 N–H and O–H groups in total. The minimum absolute atomic E-state index is 0. The fraction of sp³-hybridized carbons (Fsp3) is 0.235. The van der Waals surface area contributed by atoms with E-state index in [1.165, 1.54) is 0 Å². The van der Waals surface area contributed by atoms with E-state index in [0.29, 0.717) is 12.5 Å². The zero-order valence-corrected chi connectivity index (χ0v) is 16.4. The van der Waals surface area contributed by atoms with Crippen LogP contribution in [0, 0.1) is 0 Å². The van der Waals surface area contributed by atoms with Crippen LogP contribution in [-0.2, 0) is 6.54 Å². The molecule has 7 nitrogen and oxygen atoms in total. The maximum absolute atomic E-state index is 5.94. The van der Waals surface area contributed by atoms with Gasteiger partial charge in [0, 0.05) is 11.9 Å². The fourth-order valence-electron chi connectivity index (χ4n) is 2.23. The van der Waals surface area contributed by atoms with E-state index >= 15 is 0 Å². The summed E-state index contributed by atoms with van der Waals surface area (Å²) >= 11 is 0.